The second-order valence-electron chi connectivity index (χ2n) is 6.74. The van der Waals surface area contributed by atoms with Crippen LogP contribution in [0.3, 0.4) is 0 Å². The number of nitrogens with zero attached hydrogens (tertiary/aromatic N) is 1. The first kappa shape index (κ1) is 23.9. The normalized spacial score (nSPS) is 14.6. The lowest BCUT2D eigenvalue weighted by atomic mass is 10.1. The summed E-state index contributed by atoms with van der Waals surface area (Å²) >= 11 is 0.890. The summed E-state index contributed by atoms with van der Waals surface area (Å²) in [6, 6.07) is 5.45. The van der Waals surface area contributed by atoms with E-state index in [0.717, 1.165) is 11.3 Å². The molecule has 1 fully saturated rings. The van der Waals surface area contributed by atoms with Crippen LogP contribution in [0.5, 0.6) is 0 Å². The van der Waals surface area contributed by atoms with Crippen molar-refractivity contribution in [3.05, 3.63) is 45.8 Å². The summed E-state index contributed by atoms with van der Waals surface area (Å²) in [6.45, 7) is 2.74. The van der Waals surface area contributed by atoms with Gasteiger partial charge in [-0.25, -0.2) is 18.0 Å². The Kier molecular flexibility index (Phi) is 7.29. The van der Waals surface area contributed by atoms with E-state index in [-0.39, 0.29) is 39.0 Å². The van der Waals surface area contributed by atoms with Gasteiger partial charge < -0.3 is 19.5 Å². The number of esters is 2. The molecule has 1 aliphatic rings. The quantitative estimate of drug-likeness (QED) is 0.619. The van der Waals surface area contributed by atoms with Crippen molar-refractivity contribution in [2.45, 2.75) is 11.8 Å². The zero-order valence-electron chi connectivity index (χ0n) is 17.7. The Hall–Kier alpha value is -2.80. The van der Waals surface area contributed by atoms with Gasteiger partial charge in [0.05, 0.1) is 37.9 Å². The lowest BCUT2D eigenvalue weighted by Gasteiger charge is -2.26. The molecule has 12 heteroatoms. The maximum absolute atomic E-state index is 12.8. The van der Waals surface area contributed by atoms with E-state index >= 15 is 0 Å². The molecule has 0 aliphatic carbocycles. The van der Waals surface area contributed by atoms with E-state index in [2.05, 4.69) is 5.32 Å². The monoisotopic (exact) mass is 482 g/mol. The summed E-state index contributed by atoms with van der Waals surface area (Å²) in [4.78, 5) is 37.2. The Balaban J connectivity index is 1.85. The molecule has 1 N–H and O–H groups in total. The first-order chi connectivity index (χ1) is 15.2. The van der Waals surface area contributed by atoms with Crippen molar-refractivity contribution < 1.29 is 37.0 Å². The highest BCUT2D eigenvalue weighted by atomic mass is 32.2. The molecule has 1 aromatic carbocycles. The first-order valence-corrected chi connectivity index (χ1v) is 11.8. The Morgan fingerprint density at radius 1 is 1.03 bits per heavy atom. The molecule has 0 bridgehead atoms. The topological polar surface area (TPSA) is 128 Å². The van der Waals surface area contributed by atoms with Gasteiger partial charge in [-0.15, -0.1) is 11.3 Å². The number of benzene rings is 1. The average Bonchev–Trinajstić information content (AvgIpc) is 3.14. The van der Waals surface area contributed by atoms with Crippen molar-refractivity contribution in [3.8, 4) is 0 Å². The fourth-order valence-corrected chi connectivity index (χ4v) is 5.64. The summed E-state index contributed by atoms with van der Waals surface area (Å²) in [5.74, 6) is -1.94. The minimum absolute atomic E-state index is 0.0535. The van der Waals surface area contributed by atoms with E-state index in [1.165, 1.54) is 42.8 Å². The number of methoxy groups -OCH3 is 2. The number of rotatable bonds is 6. The molecule has 0 radical (unpaired) electrons. The predicted octanol–water partition coefficient (Wildman–Crippen LogP) is 1.90. The Morgan fingerprint density at radius 3 is 2.19 bits per heavy atom. The predicted molar refractivity (Wildman–Crippen MR) is 116 cm³/mol. The number of carbonyl (C=O) groups excluding carboxylic acids is 3. The second-order valence-corrected chi connectivity index (χ2v) is 9.70. The minimum Gasteiger partial charge on any atom is -0.465 e. The van der Waals surface area contributed by atoms with E-state index in [9.17, 15) is 22.8 Å². The Bertz CT molecular complexity index is 1130. The third-order valence-corrected chi connectivity index (χ3v) is 7.96. The van der Waals surface area contributed by atoms with Crippen molar-refractivity contribution in [3.63, 3.8) is 0 Å². The number of hydrogen-bond acceptors (Lipinski definition) is 9. The van der Waals surface area contributed by atoms with E-state index in [1.807, 2.05) is 0 Å². The lowest BCUT2D eigenvalue weighted by Crippen LogP contribution is -2.40. The zero-order chi connectivity index (χ0) is 23.5. The molecule has 1 amide bonds. The van der Waals surface area contributed by atoms with E-state index in [1.54, 1.807) is 6.92 Å². The molecule has 0 unspecified atom stereocenters. The molecule has 2 heterocycles. The van der Waals surface area contributed by atoms with Crippen LogP contribution in [0.25, 0.3) is 0 Å². The van der Waals surface area contributed by atoms with Gasteiger partial charge in [0.1, 0.15) is 9.88 Å². The Labute approximate surface area is 189 Å². The van der Waals surface area contributed by atoms with Gasteiger partial charge in [-0.1, -0.05) is 0 Å². The van der Waals surface area contributed by atoms with Crippen molar-refractivity contribution in [1.82, 2.24) is 4.31 Å². The van der Waals surface area contributed by atoms with Gasteiger partial charge in [-0.3, -0.25) is 4.79 Å². The molecule has 2 aromatic rings. The van der Waals surface area contributed by atoms with Crippen LogP contribution in [0.4, 0.5) is 5.00 Å². The van der Waals surface area contributed by atoms with Gasteiger partial charge in [0.2, 0.25) is 10.0 Å². The molecular weight excluding hydrogens is 460 g/mol. The van der Waals surface area contributed by atoms with Crippen LogP contribution in [0, 0.1) is 6.92 Å². The minimum atomic E-state index is -3.69. The average molecular weight is 483 g/mol. The second kappa shape index (κ2) is 9.77. The van der Waals surface area contributed by atoms with E-state index in [4.69, 9.17) is 14.2 Å². The van der Waals surface area contributed by atoms with Gasteiger partial charge in [0.15, 0.2) is 0 Å². The third kappa shape index (κ3) is 4.67. The van der Waals surface area contributed by atoms with Gasteiger partial charge in [-0.2, -0.15) is 4.31 Å². The number of carbonyl (C=O) groups is 3. The lowest BCUT2D eigenvalue weighted by molar-refractivity contribution is 0.0601. The first-order valence-electron chi connectivity index (χ1n) is 9.50. The number of ether oxygens (including phenoxy) is 3. The molecule has 3 rings (SSSR count). The molecular formula is C20H22N2O8S2. The summed E-state index contributed by atoms with van der Waals surface area (Å²) in [5.41, 5.74) is 0.557. The van der Waals surface area contributed by atoms with Crippen LogP contribution in [0.15, 0.2) is 29.2 Å². The molecule has 1 saturated heterocycles. The molecule has 1 aromatic heterocycles. The largest absolute Gasteiger partial charge is 0.465 e. The molecule has 32 heavy (non-hydrogen) atoms. The maximum atomic E-state index is 12.8. The van der Waals surface area contributed by atoms with Crippen LogP contribution in [-0.4, -0.2) is 71.1 Å². The number of morpholine rings is 1. The van der Waals surface area contributed by atoms with Gasteiger partial charge in [0.25, 0.3) is 5.91 Å². The van der Waals surface area contributed by atoms with Crippen LogP contribution >= 0.6 is 11.3 Å². The molecule has 0 spiro atoms. The molecule has 0 atom stereocenters. The van der Waals surface area contributed by atoms with Crippen LogP contribution in [-0.2, 0) is 24.2 Å². The smallest absolute Gasteiger partial charge is 0.348 e. The number of hydrogen-bond donors (Lipinski definition) is 1. The SMILES string of the molecule is COC(=O)c1sc(NC(=O)c2ccc(S(=O)(=O)N3CCOCC3)cc2)c(C(=O)OC)c1C. The molecule has 1 aliphatic heterocycles. The Morgan fingerprint density at radius 2 is 1.62 bits per heavy atom. The van der Waals surface area contributed by atoms with E-state index in [0.29, 0.717) is 18.8 Å². The summed E-state index contributed by atoms with van der Waals surface area (Å²) in [6.07, 6.45) is 0. The van der Waals surface area contributed by atoms with Crippen molar-refractivity contribution in [2.24, 2.45) is 0 Å². The maximum Gasteiger partial charge on any atom is 0.348 e. The number of amides is 1. The zero-order valence-corrected chi connectivity index (χ0v) is 19.3. The standard InChI is InChI=1S/C20H22N2O8S2/c1-12-15(19(24)28-2)18(31-16(12)20(25)29-3)21-17(23)13-4-6-14(7-5-13)32(26,27)22-8-10-30-11-9-22/h4-7H,8-11H2,1-3H3,(H,21,23). The van der Waals surface area contributed by atoms with Crippen molar-refractivity contribution in [1.29, 1.82) is 0 Å². The number of thiophene rings is 1. The highest BCUT2D eigenvalue weighted by Crippen LogP contribution is 2.34. The van der Waals surface area contributed by atoms with Crippen molar-refractivity contribution >= 4 is 44.2 Å². The van der Waals surface area contributed by atoms with Gasteiger partial charge in [0, 0.05) is 18.7 Å². The third-order valence-electron chi connectivity index (χ3n) is 4.86. The highest BCUT2D eigenvalue weighted by molar-refractivity contribution is 7.89. The molecule has 10 nitrogen and oxygen atoms in total. The van der Waals surface area contributed by atoms with Gasteiger partial charge >= 0.3 is 11.9 Å². The number of nitrogens with one attached hydrogen (secondary N) is 1. The van der Waals surface area contributed by atoms with E-state index < -0.39 is 27.9 Å². The van der Waals surface area contributed by atoms with Gasteiger partial charge in [-0.05, 0) is 36.8 Å². The fourth-order valence-electron chi connectivity index (χ4n) is 3.13. The number of anilines is 1. The van der Waals surface area contributed by atoms with Crippen LogP contribution in [0.2, 0.25) is 0 Å². The summed E-state index contributed by atoms with van der Waals surface area (Å²) in [7, 11) is -1.29. The summed E-state index contributed by atoms with van der Waals surface area (Å²) < 4.78 is 41.4. The highest BCUT2D eigenvalue weighted by Gasteiger charge is 2.28. The molecule has 172 valence electrons. The van der Waals surface area contributed by atoms with Crippen molar-refractivity contribution in [2.75, 3.05) is 45.8 Å². The molecule has 0 saturated carbocycles. The summed E-state index contributed by atoms with van der Waals surface area (Å²) in [5, 5.41) is 2.73. The van der Waals surface area contributed by atoms with Crippen LogP contribution in [0.1, 0.15) is 36.0 Å². The number of sulfonamides is 1. The van der Waals surface area contributed by atoms with Crippen LogP contribution < -0.4 is 5.32 Å². The fraction of sp³-hybridized carbons (Fsp3) is 0.350.